The summed E-state index contributed by atoms with van der Waals surface area (Å²) in [6.07, 6.45) is 1.12. The Kier molecular flexibility index (Phi) is 3.61. The number of hydrogen-bond acceptors (Lipinski definition) is 5. The van der Waals surface area contributed by atoms with Crippen molar-refractivity contribution in [3.63, 3.8) is 0 Å². The van der Waals surface area contributed by atoms with Gasteiger partial charge < -0.3 is 4.90 Å². The molecular formula is C20H21N5. The smallest absolute Gasteiger partial charge is 0.226 e. The van der Waals surface area contributed by atoms with Crippen molar-refractivity contribution in [2.24, 2.45) is 5.92 Å². The summed E-state index contributed by atoms with van der Waals surface area (Å²) in [7, 11) is 0. The Morgan fingerprint density at radius 2 is 1.80 bits per heavy atom. The van der Waals surface area contributed by atoms with Crippen molar-refractivity contribution < 1.29 is 0 Å². The van der Waals surface area contributed by atoms with Gasteiger partial charge in [-0.15, -0.1) is 0 Å². The molecule has 5 rings (SSSR count). The molecule has 5 heteroatoms. The molecule has 1 aromatic heterocycles. The van der Waals surface area contributed by atoms with Crippen molar-refractivity contribution in [2.75, 3.05) is 24.5 Å². The summed E-state index contributed by atoms with van der Waals surface area (Å²) in [6.45, 7) is 3.00. The summed E-state index contributed by atoms with van der Waals surface area (Å²) < 4.78 is 0. The number of nitrogens with one attached hydrogen (secondary N) is 2. The Balaban J connectivity index is 1.60. The van der Waals surface area contributed by atoms with Crippen LogP contribution >= 0.6 is 0 Å². The zero-order chi connectivity index (χ0) is 16.6. The molecule has 5 nitrogen and oxygen atoms in total. The van der Waals surface area contributed by atoms with Gasteiger partial charge in [0.1, 0.15) is 0 Å². The van der Waals surface area contributed by atoms with Gasteiger partial charge in [-0.05, 0) is 12.5 Å². The number of aromatic nitrogens is 2. The van der Waals surface area contributed by atoms with E-state index in [2.05, 4.69) is 58.2 Å². The monoisotopic (exact) mass is 331 g/mol. The molecule has 0 radical (unpaired) electrons. The highest BCUT2D eigenvalue weighted by Crippen LogP contribution is 2.30. The van der Waals surface area contributed by atoms with Crippen LogP contribution in [0.3, 0.4) is 0 Å². The zero-order valence-corrected chi connectivity index (χ0v) is 14.0. The summed E-state index contributed by atoms with van der Waals surface area (Å²) in [5, 5.41) is 1.11. The second-order valence-corrected chi connectivity index (χ2v) is 6.88. The standard InChI is InChI=1S/C20H21N5/c1-2-6-14(7-3-1)19-16-8-4-5-9-18(16)22-20(23-19)25-11-10-17-15(13-25)12-21-24-17/h1-9,15,17,21,24H,10-13H2. The van der Waals surface area contributed by atoms with Gasteiger partial charge in [-0.25, -0.2) is 9.97 Å². The number of para-hydroxylation sites is 1. The average molecular weight is 331 g/mol. The minimum absolute atomic E-state index is 0.574. The summed E-state index contributed by atoms with van der Waals surface area (Å²) in [5.41, 5.74) is 9.84. The van der Waals surface area contributed by atoms with Crippen LogP contribution in [-0.4, -0.2) is 35.6 Å². The van der Waals surface area contributed by atoms with E-state index >= 15 is 0 Å². The number of hydrazine groups is 1. The van der Waals surface area contributed by atoms with Crippen LogP contribution in [0.5, 0.6) is 0 Å². The quantitative estimate of drug-likeness (QED) is 0.756. The Bertz CT molecular complexity index is 895. The SMILES string of the molecule is c1ccc(-c2nc(N3CCC4NNCC4C3)nc3ccccc23)cc1. The first-order valence-corrected chi connectivity index (χ1v) is 8.94. The maximum atomic E-state index is 4.98. The number of piperidine rings is 1. The van der Waals surface area contributed by atoms with Crippen molar-refractivity contribution in [1.29, 1.82) is 0 Å². The Morgan fingerprint density at radius 3 is 2.72 bits per heavy atom. The van der Waals surface area contributed by atoms with E-state index in [1.807, 2.05) is 12.1 Å². The van der Waals surface area contributed by atoms with E-state index in [-0.39, 0.29) is 0 Å². The summed E-state index contributed by atoms with van der Waals surface area (Å²) >= 11 is 0. The lowest BCUT2D eigenvalue weighted by Crippen LogP contribution is -2.46. The first kappa shape index (κ1) is 14.8. The molecule has 126 valence electrons. The third-order valence-corrected chi connectivity index (χ3v) is 5.31. The lowest BCUT2D eigenvalue weighted by atomic mass is 9.94. The third kappa shape index (κ3) is 2.65. The molecule has 0 saturated carbocycles. The largest absolute Gasteiger partial charge is 0.340 e. The number of anilines is 1. The van der Waals surface area contributed by atoms with Gasteiger partial charge in [0, 0.05) is 42.5 Å². The van der Waals surface area contributed by atoms with Gasteiger partial charge in [0.25, 0.3) is 0 Å². The molecule has 3 aromatic rings. The predicted molar refractivity (Wildman–Crippen MR) is 100 cm³/mol. The summed E-state index contributed by atoms with van der Waals surface area (Å²) in [4.78, 5) is 12.2. The second-order valence-electron chi connectivity index (χ2n) is 6.88. The normalized spacial score (nSPS) is 23.0. The molecule has 0 amide bonds. The molecule has 0 aliphatic carbocycles. The molecule has 2 atom stereocenters. The molecule has 2 saturated heterocycles. The molecule has 25 heavy (non-hydrogen) atoms. The van der Waals surface area contributed by atoms with Crippen LogP contribution in [0, 0.1) is 5.92 Å². The number of hydrogen-bond donors (Lipinski definition) is 2. The maximum absolute atomic E-state index is 4.98. The molecule has 3 heterocycles. The molecule has 2 aromatic carbocycles. The van der Waals surface area contributed by atoms with E-state index in [9.17, 15) is 0 Å². The van der Waals surface area contributed by atoms with Gasteiger partial charge in [-0.1, -0.05) is 48.5 Å². The predicted octanol–water partition coefficient (Wildman–Crippen LogP) is 2.60. The van der Waals surface area contributed by atoms with Crippen LogP contribution in [0.1, 0.15) is 6.42 Å². The highest BCUT2D eigenvalue weighted by Gasteiger charge is 2.33. The van der Waals surface area contributed by atoms with Gasteiger partial charge in [0.2, 0.25) is 5.95 Å². The van der Waals surface area contributed by atoms with E-state index in [0.29, 0.717) is 12.0 Å². The van der Waals surface area contributed by atoms with Gasteiger partial charge in [-0.2, -0.15) is 0 Å². The lowest BCUT2D eigenvalue weighted by Gasteiger charge is -2.34. The maximum Gasteiger partial charge on any atom is 0.226 e. The fourth-order valence-electron chi connectivity index (χ4n) is 3.95. The fourth-order valence-corrected chi connectivity index (χ4v) is 3.95. The summed E-state index contributed by atoms with van der Waals surface area (Å²) in [6, 6.07) is 19.3. The van der Waals surface area contributed by atoms with Gasteiger partial charge in [0.15, 0.2) is 0 Å². The van der Waals surface area contributed by atoms with E-state index < -0.39 is 0 Å². The van der Waals surface area contributed by atoms with E-state index in [1.165, 1.54) is 0 Å². The molecule has 2 fully saturated rings. The Hall–Kier alpha value is -2.50. The van der Waals surface area contributed by atoms with Crippen molar-refractivity contribution in [1.82, 2.24) is 20.8 Å². The second kappa shape index (κ2) is 6.10. The first-order valence-electron chi connectivity index (χ1n) is 8.94. The molecule has 0 bridgehead atoms. The van der Waals surface area contributed by atoms with Crippen molar-refractivity contribution >= 4 is 16.9 Å². The third-order valence-electron chi connectivity index (χ3n) is 5.31. The first-order chi connectivity index (χ1) is 12.4. The molecular weight excluding hydrogens is 310 g/mol. The minimum atomic E-state index is 0.574. The van der Waals surface area contributed by atoms with Crippen molar-refractivity contribution in [2.45, 2.75) is 12.5 Å². The van der Waals surface area contributed by atoms with E-state index in [4.69, 9.17) is 9.97 Å². The van der Waals surface area contributed by atoms with Crippen LogP contribution in [0.4, 0.5) is 5.95 Å². The molecule has 2 unspecified atom stereocenters. The van der Waals surface area contributed by atoms with Gasteiger partial charge >= 0.3 is 0 Å². The topological polar surface area (TPSA) is 53.1 Å². The lowest BCUT2D eigenvalue weighted by molar-refractivity contribution is 0.381. The van der Waals surface area contributed by atoms with E-state index in [0.717, 1.165) is 54.2 Å². The highest BCUT2D eigenvalue weighted by atomic mass is 15.4. The van der Waals surface area contributed by atoms with Crippen LogP contribution in [0.25, 0.3) is 22.2 Å². The van der Waals surface area contributed by atoms with E-state index in [1.54, 1.807) is 0 Å². The molecule has 2 aliphatic heterocycles. The number of rotatable bonds is 2. The molecule has 0 spiro atoms. The summed E-state index contributed by atoms with van der Waals surface area (Å²) in [5.74, 6) is 1.46. The molecule has 2 aliphatic rings. The van der Waals surface area contributed by atoms with Crippen LogP contribution < -0.4 is 15.8 Å². The number of nitrogens with zero attached hydrogens (tertiary/aromatic N) is 3. The highest BCUT2D eigenvalue weighted by molar-refractivity contribution is 5.93. The Morgan fingerprint density at radius 1 is 0.960 bits per heavy atom. The fraction of sp³-hybridized carbons (Fsp3) is 0.300. The Labute approximate surface area is 147 Å². The van der Waals surface area contributed by atoms with Crippen molar-refractivity contribution in [3.8, 4) is 11.3 Å². The van der Waals surface area contributed by atoms with Crippen LogP contribution in [0.15, 0.2) is 54.6 Å². The average Bonchev–Trinajstić information content (AvgIpc) is 3.15. The number of benzene rings is 2. The van der Waals surface area contributed by atoms with Gasteiger partial charge in [0.05, 0.1) is 11.2 Å². The number of fused-ring (bicyclic) bond motifs is 2. The minimum Gasteiger partial charge on any atom is -0.340 e. The molecule has 2 N–H and O–H groups in total. The van der Waals surface area contributed by atoms with Crippen molar-refractivity contribution in [3.05, 3.63) is 54.6 Å². The zero-order valence-electron chi connectivity index (χ0n) is 14.0. The van der Waals surface area contributed by atoms with Crippen LogP contribution in [0.2, 0.25) is 0 Å². The van der Waals surface area contributed by atoms with Crippen LogP contribution in [-0.2, 0) is 0 Å². The van der Waals surface area contributed by atoms with Gasteiger partial charge in [-0.3, -0.25) is 10.9 Å².